The number of hydrogen-bond donors (Lipinski definition) is 1. The molecule has 1 amide bonds. The first-order valence-electron chi connectivity index (χ1n) is 9.18. The fraction of sp³-hybridized carbons (Fsp3) is 0.250. The zero-order valence-corrected chi connectivity index (χ0v) is 18.0. The van der Waals surface area contributed by atoms with Crippen molar-refractivity contribution in [2.45, 2.75) is 10.4 Å². The molecule has 2 N–H and O–H groups in total. The van der Waals surface area contributed by atoms with E-state index in [1.54, 1.807) is 0 Å². The van der Waals surface area contributed by atoms with Crippen molar-refractivity contribution < 1.29 is 9.53 Å². The molecule has 9 heteroatoms. The van der Waals surface area contributed by atoms with Gasteiger partial charge in [0.05, 0.1) is 13.2 Å². The van der Waals surface area contributed by atoms with Gasteiger partial charge in [-0.25, -0.2) is 4.68 Å². The first kappa shape index (κ1) is 19.9. The van der Waals surface area contributed by atoms with Crippen LogP contribution in [0.5, 0.6) is 0 Å². The number of thioether (sulfide) groups is 1. The highest BCUT2D eigenvalue weighted by molar-refractivity contribution is 9.10. The van der Waals surface area contributed by atoms with Crippen molar-refractivity contribution in [3.63, 3.8) is 0 Å². The molecule has 0 saturated carbocycles. The lowest BCUT2D eigenvalue weighted by atomic mass is 10.1. The molecular weight excluding hydrogens is 454 g/mol. The van der Waals surface area contributed by atoms with Gasteiger partial charge >= 0.3 is 0 Å². The summed E-state index contributed by atoms with van der Waals surface area (Å²) in [5.74, 6) is 6.87. The van der Waals surface area contributed by atoms with Gasteiger partial charge in [-0.2, -0.15) is 0 Å². The Morgan fingerprint density at radius 1 is 1.07 bits per heavy atom. The van der Waals surface area contributed by atoms with Crippen LogP contribution in [0.1, 0.15) is 10.8 Å². The molecule has 1 aliphatic heterocycles. The van der Waals surface area contributed by atoms with Gasteiger partial charge in [-0.3, -0.25) is 4.79 Å². The average molecular weight is 474 g/mol. The number of ether oxygens (including phenoxy) is 1. The third-order valence-corrected chi connectivity index (χ3v) is 6.54. The molecule has 2 heterocycles. The molecule has 4 rings (SSSR count). The molecule has 0 unspecified atom stereocenters. The molecule has 0 bridgehead atoms. The number of rotatable bonds is 5. The lowest BCUT2D eigenvalue weighted by Gasteiger charge is -2.30. The lowest BCUT2D eigenvalue weighted by Crippen LogP contribution is -2.42. The summed E-state index contributed by atoms with van der Waals surface area (Å²) in [4.78, 5) is 15.1. The predicted octanol–water partition coefficient (Wildman–Crippen LogP) is 3.11. The van der Waals surface area contributed by atoms with E-state index in [0.29, 0.717) is 37.3 Å². The summed E-state index contributed by atoms with van der Waals surface area (Å²) in [5, 5.41) is 8.53. The van der Waals surface area contributed by atoms with Crippen LogP contribution in [0, 0.1) is 0 Å². The van der Waals surface area contributed by atoms with Gasteiger partial charge in [0.2, 0.25) is 11.1 Å². The largest absolute Gasteiger partial charge is 0.378 e. The Bertz CT molecular complexity index is 992. The summed E-state index contributed by atoms with van der Waals surface area (Å²) in [7, 11) is 0. The number of hydrogen-bond acceptors (Lipinski definition) is 6. The van der Waals surface area contributed by atoms with Gasteiger partial charge in [0, 0.05) is 23.1 Å². The zero-order valence-electron chi connectivity index (χ0n) is 15.6. The molecular formula is C20H20BrN5O2S. The Kier molecular flexibility index (Phi) is 6.17. The maximum absolute atomic E-state index is 13.3. The number of nitrogen functional groups attached to an aromatic ring is 1. The maximum Gasteiger partial charge on any atom is 0.240 e. The fourth-order valence-electron chi connectivity index (χ4n) is 3.13. The summed E-state index contributed by atoms with van der Waals surface area (Å²) in [6, 6.07) is 17.4. The second-order valence-electron chi connectivity index (χ2n) is 6.50. The molecule has 1 saturated heterocycles. The quantitative estimate of drug-likeness (QED) is 0.452. The predicted molar refractivity (Wildman–Crippen MR) is 116 cm³/mol. The van der Waals surface area contributed by atoms with Crippen LogP contribution in [0.15, 0.2) is 64.2 Å². The van der Waals surface area contributed by atoms with Crippen LogP contribution in [-0.4, -0.2) is 52.0 Å². The zero-order chi connectivity index (χ0) is 20.2. The lowest BCUT2D eigenvalue weighted by molar-refractivity contribution is -0.134. The Labute approximate surface area is 181 Å². The van der Waals surface area contributed by atoms with Crippen LogP contribution < -0.4 is 5.84 Å². The third-order valence-electron chi connectivity index (χ3n) is 4.65. The van der Waals surface area contributed by atoms with Crippen LogP contribution in [-0.2, 0) is 9.53 Å². The average Bonchev–Trinajstić information content (AvgIpc) is 3.13. The van der Waals surface area contributed by atoms with E-state index in [4.69, 9.17) is 10.6 Å². The van der Waals surface area contributed by atoms with Gasteiger partial charge in [0.15, 0.2) is 5.82 Å². The Morgan fingerprint density at radius 2 is 1.76 bits per heavy atom. The molecule has 2 aromatic carbocycles. The van der Waals surface area contributed by atoms with Gasteiger partial charge in [0.1, 0.15) is 5.25 Å². The van der Waals surface area contributed by atoms with Crippen molar-refractivity contribution in [1.29, 1.82) is 0 Å². The van der Waals surface area contributed by atoms with Crippen LogP contribution in [0.4, 0.5) is 0 Å². The van der Waals surface area contributed by atoms with E-state index in [1.165, 1.54) is 16.4 Å². The summed E-state index contributed by atoms with van der Waals surface area (Å²) >= 11 is 4.83. The van der Waals surface area contributed by atoms with E-state index < -0.39 is 5.25 Å². The van der Waals surface area contributed by atoms with Crippen molar-refractivity contribution in [2.24, 2.45) is 0 Å². The first-order valence-corrected chi connectivity index (χ1v) is 10.9. The molecule has 1 aromatic heterocycles. The van der Waals surface area contributed by atoms with Crippen molar-refractivity contribution >= 4 is 33.6 Å². The number of aromatic nitrogens is 3. The van der Waals surface area contributed by atoms with E-state index in [0.717, 1.165) is 15.6 Å². The second-order valence-corrected chi connectivity index (χ2v) is 8.43. The van der Waals surface area contributed by atoms with Crippen LogP contribution in [0.25, 0.3) is 11.4 Å². The Morgan fingerprint density at radius 3 is 2.48 bits per heavy atom. The minimum atomic E-state index is -0.465. The topological polar surface area (TPSA) is 86.3 Å². The molecule has 1 aliphatic rings. The number of halogens is 1. The molecule has 0 aliphatic carbocycles. The molecule has 150 valence electrons. The molecule has 0 radical (unpaired) electrons. The van der Waals surface area contributed by atoms with Crippen molar-refractivity contribution in [3.05, 3.63) is 64.6 Å². The van der Waals surface area contributed by atoms with Crippen molar-refractivity contribution in [1.82, 2.24) is 19.8 Å². The van der Waals surface area contributed by atoms with E-state index in [2.05, 4.69) is 26.1 Å². The number of carbonyl (C=O) groups is 1. The first-order chi connectivity index (χ1) is 14.1. The van der Waals surface area contributed by atoms with Gasteiger partial charge < -0.3 is 15.5 Å². The van der Waals surface area contributed by atoms with Crippen LogP contribution in [0.3, 0.4) is 0 Å². The summed E-state index contributed by atoms with van der Waals surface area (Å²) in [5.41, 5.74) is 1.74. The van der Waals surface area contributed by atoms with Gasteiger partial charge in [-0.15, -0.1) is 10.2 Å². The molecule has 3 aromatic rings. The highest BCUT2D eigenvalue weighted by Crippen LogP contribution is 2.37. The van der Waals surface area contributed by atoms with E-state index in [-0.39, 0.29) is 5.91 Å². The van der Waals surface area contributed by atoms with Gasteiger partial charge in [0.25, 0.3) is 0 Å². The van der Waals surface area contributed by atoms with E-state index in [9.17, 15) is 4.79 Å². The number of nitrogens with zero attached hydrogens (tertiary/aromatic N) is 4. The van der Waals surface area contributed by atoms with E-state index in [1.807, 2.05) is 59.5 Å². The monoisotopic (exact) mass is 473 g/mol. The highest BCUT2D eigenvalue weighted by atomic mass is 79.9. The number of amides is 1. The number of morpholine rings is 1. The number of nitrogens with two attached hydrogens (primary N) is 1. The fourth-order valence-corrected chi connectivity index (χ4v) is 4.63. The molecule has 0 spiro atoms. The Hall–Kier alpha value is -2.36. The number of carbonyl (C=O) groups excluding carboxylic acids is 1. The minimum Gasteiger partial charge on any atom is -0.378 e. The SMILES string of the molecule is Nn1c(S[C@H](C(=O)N2CCOCC2)c2ccccc2)nnc1-c1ccccc1Br. The van der Waals surface area contributed by atoms with Gasteiger partial charge in [-0.05, 0) is 17.7 Å². The Balaban J connectivity index is 1.65. The minimum absolute atomic E-state index is 0.0231. The third kappa shape index (κ3) is 4.31. The van der Waals surface area contributed by atoms with Crippen molar-refractivity contribution in [3.8, 4) is 11.4 Å². The van der Waals surface area contributed by atoms with E-state index >= 15 is 0 Å². The van der Waals surface area contributed by atoms with Gasteiger partial charge in [-0.1, -0.05) is 70.2 Å². The number of benzene rings is 2. The second kappa shape index (κ2) is 8.98. The summed E-state index contributed by atoms with van der Waals surface area (Å²) < 4.78 is 7.70. The normalized spacial score (nSPS) is 15.3. The highest BCUT2D eigenvalue weighted by Gasteiger charge is 2.30. The van der Waals surface area contributed by atoms with Crippen LogP contribution >= 0.6 is 27.7 Å². The molecule has 1 atom stereocenters. The van der Waals surface area contributed by atoms with Crippen molar-refractivity contribution in [2.75, 3.05) is 32.1 Å². The summed E-state index contributed by atoms with van der Waals surface area (Å²) in [6.07, 6.45) is 0. The maximum atomic E-state index is 13.3. The smallest absolute Gasteiger partial charge is 0.240 e. The summed E-state index contributed by atoms with van der Waals surface area (Å²) in [6.45, 7) is 2.27. The molecule has 29 heavy (non-hydrogen) atoms. The standard InChI is InChI=1S/C20H20BrN5O2S/c21-16-9-5-4-8-15(16)18-23-24-20(26(18)22)29-17(14-6-2-1-3-7-14)19(27)25-10-12-28-13-11-25/h1-9,17H,10-13,22H2/t17-/m0/s1. The molecule has 1 fully saturated rings. The molecule has 7 nitrogen and oxygen atoms in total. The van der Waals surface area contributed by atoms with Crippen LogP contribution in [0.2, 0.25) is 0 Å².